The van der Waals surface area contributed by atoms with Crippen molar-refractivity contribution < 1.29 is 50.2 Å². The van der Waals surface area contributed by atoms with Gasteiger partial charge in [0.15, 0.2) is 0 Å². The van der Waals surface area contributed by atoms with Crippen LogP contribution in [0.25, 0.3) is 6.08 Å². The van der Waals surface area contributed by atoms with E-state index >= 15 is 0 Å². The minimum Gasteiger partial charge on any atom is -0.475 e. The van der Waals surface area contributed by atoms with Gasteiger partial charge in [0.1, 0.15) is 11.5 Å². The second-order valence-electron chi connectivity index (χ2n) is 5.42. The van der Waals surface area contributed by atoms with E-state index in [1.54, 1.807) is 0 Å². The van der Waals surface area contributed by atoms with E-state index in [1.165, 1.54) is 12.5 Å². The molecule has 1 aliphatic heterocycles. The zero-order valence-corrected chi connectivity index (χ0v) is 14.4. The molecule has 0 unspecified atom stereocenters. The Kier molecular flexibility index (Phi) is 6.56. The molecule has 160 valence electrons. The Labute approximate surface area is 158 Å². The lowest BCUT2D eigenvalue weighted by Gasteiger charge is -2.29. The van der Waals surface area contributed by atoms with Crippen molar-refractivity contribution in [3.05, 3.63) is 33.7 Å². The number of carbonyl (C=O) groups is 1. The first-order valence-electron chi connectivity index (χ1n) is 7.70. The highest BCUT2D eigenvalue weighted by atomic mass is 19.4. The molecule has 1 aromatic rings. The van der Waals surface area contributed by atoms with E-state index in [0.29, 0.717) is 6.08 Å². The summed E-state index contributed by atoms with van der Waals surface area (Å²) in [4.78, 5) is 25.9. The maximum atomic E-state index is 13.4. The van der Waals surface area contributed by atoms with Crippen LogP contribution in [0.15, 0.2) is 23.0 Å². The summed E-state index contributed by atoms with van der Waals surface area (Å²) in [5, 5.41) is 2.05. The standard InChI is InChI=1S/C15H12F6N2O6/c1-2-7-3-9(29-15(19,20)21)4-8-5-10(13(24)26-6-27-23-22-25)12(14(16,17)18)28-11(7)8/h3-5,12H,2,6H2,1H3,(H,23,25)/t12-/m0/s1. The van der Waals surface area contributed by atoms with Crippen LogP contribution in [0.4, 0.5) is 26.3 Å². The number of nitrogens with zero attached hydrogens (tertiary/aromatic N) is 1. The van der Waals surface area contributed by atoms with Crippen LogP contribution >= 0.6 is 0 Å². The monoisotopic (exact) mass is 430 g/mol. The SMILES string of the molecule is CCc1cc(OC(F)(F)F)cc2c1O[C@H](C(F)(F)F)C(C(=O)OCONN=O)=C2. The zero-order valence-electron chi connectivity index (χ0n) is 14.4. The summed E-state index contributed by atoms with van der Waals surface area (Å²) in [5.74, 6) is -2.58. The number of rotatable bonds is 7. The van der Waals surface area contributed by atoms with Crippen molar-refractivity contribution in [3.63, 3.8) is 0 Å². The van der Waals surface area contributed by atoms with Crippen molar-refractivity contribution in [2.45, 2.75) is 32.0 Å². The number of nitroso groups, excluding NO2 is 1. The number of hydrogen-bond acceptors (Lipinski definition) is 7. The molecule has 1 aromatic carbocycles. The second-order valence-corrected chi connectivity index (χ2v) is 5.42. The van der Waals surface area contributed by atoms with Gasteiger partial charge in [-0.1, -0.05) is 6.92 Å². The van der Waals surface area contributed by atoms with Crippen LogP contribution < -0.4 is 15.1 Å². The van der Waals surface area contributed by atoms with Gasteiger partial charge in [0, 0.05) is 5.56 Å². The Morgan fingerprint density at radius 1 is 1.24 bits per heavy atom. The van der Waals surface area contributed by atoms with E-state index in [0.717, 1.165) is 12.1 Å². The topological polar surface area (TPSA) is 95.5 Å². The summed E-state index contributed by atoms with van der Waals surface area (Å²) < 4.78 is 90.7. The lowest BCUT2D eigenvalue weighted by Crippen LogP contribution is -2.41. The first-order valence-corrected chi connectivity index (χ1v) is 7.70. The average molecular weight is 430 g/mol. The van der Waals surface area contributed by atoms with Crippen LogP contribution in [-0.4, -0.2) is 31.4 Å². The molecule has 8 nitrogen and oxygen atoms in total. The molecule has 0 saturated heterocycles. The van der Waals surface area contributed by atoms with E-state index in [2.05, 4.69) is 14.3 Å². The first-order chi connectivity index (χ1) is 13.5. The van der Waals surface area contributed by atoms with E-state index in [1.807, 2.05) is 5.29 Å². The Hall–Kier alpha value is -3.03. The maximum absolute atomic E-state index is 13.4. The molecule has 0 aromatic heterocycles. The molecular weight excluding hydrogens is 418 g/mol. The Morgan fingerprint density at radius 2 is 1.93 bits per heavy atom. The molecule has 0 amide bonds. The second kappa shape index (κ2) is 8.55. The first kappa shape index (κ1) is 22.3. The van der Waals surface area contributed by atoms with Crippen LogP contribution in [0.1, 0.15) is 18.1 Å². The van der Waals surface area contributed by atoms with Crippen molar-refractivity contribution in [2.24, 2.45) is 5.29 Å². The largest absolute Gasteiger partial charge is 0.573 e. The fraction of sp³-hybridized carbons (Fsp3) is 0.400. The zero-order chi connectivity index (χ0) is 21.8. The van der Waals surface area contributed by atoms with Crippen LogP contribution in [-0.2, 0) is 20.8 Å². The van der Waals surface area contributed by atoms with Crippen LogP contribution in [0, 0.1) is 4.91 Å². The van der Waals surface area contributed by atoms with Crippen molar-refractivity contribution in [1.82, 2.24) is 5.59 Å². The summed E-state index contributed by atoms with van der Waals surface area (Å²) in [6.07, 6.45) is -12.1. The van der Waals surface area contributed by atoms with Gasteiger partial charge in [-0.3, -0.25) is 0 Å². The minimum atomic E-state index is -5.04. The van der Waals surface area contributed by atoms with Gasteiger partial charge in [-0.05, 0) is 30.2 Å². The summed E-state index contributed by atoms with van der Waals surface area (Å²) in [6, 6.07) is 1.67. The molecule has 0 spiro atoms. The summed E-state index contributed by atoms with van der Waals surface area (Å²) in [6.45, 7) is 0.509. The number of esters is 1. The average Bonchev–Trinajstić information content (AvgIpc) is 2.61. The van der Waals surface area contributed by atoms with E-state index in [-0.39, 0.29) is 23.3 Å². The number of fused-ring (bicyclic) bond motifs is 1. The lowest BCUT2D eigenvalue weighted by molar-refractivity contribution is -0.274. The number of hydrogen-bond donors (Lipinski definition) is 1. The summed E-state index contributed by atoms with van der Waals surface area (Å²) >= 11 is 0. The highest BCUT2D eigenvalue weighted by molar-refractivity contribution is 5.96. The van der Waals surface area contributed by atoms with Crippen molar-refractivity contribution in [3.8, 4) is 11.5 Å². The van der Waals surface area contributed by atoms with Crippen LogP contribution in [0.3, 0.4) is 0 Å². The maximum Gasteiger partial charge on any atom is 0.573 e. The molecule has 1 N–H and O–H groups in total. The Morgan fingerprint density at radius 3 is 2.48 bits per heavy atom. The third-order valence-electron chi connectivity index (χ3n) is 3.50. The molecule has 0 aliphatic carbocycles. The third kappa shape index (κ3) is 5.73. The predicted molar refractivity (Wildman–Crippen MR) is 81.9 cm³/mol. The number of aryl methyl sites for hydroxylation is 1. The molecule has 29 heavy (non-hydrogen) atoms. The molecule has 1 aliphatic rings. The number of carbonyl (C=O) groups excluding carboxylic acids is 1. The highest BCUT2D eigenvalue weighted by Crippen LogP contribution is 2.42. The number of ether oxygens (including phenoxy) is 3. The van der Waals surface area contributed by atoms with Crippen molar-refractivity contribution in [1.29, 1.82) is 0 Å². The Balaban J connectivity index is 2.45. The summed E-state index contributed by atoms with van der Waals surface area (Å²) in [7, 11) is 0. The number of benzene rings is 1. The van der Waals surface area contributed by atoms with Gasteiger partial charge in [0.2, 0.25) is 12.9 Å². The van der Waals surface area contributed by atoms with Crippen LogP contribution in [0.2, 0.25) is 0 Å². The summed E-state index contributed by atoms with van der Waals surface area (Å²) in [5.41, 5.74) is 0.120. The fourth-order valence-corrected chi connectivity index (χ4v) is 2.44. The third-order valence-corrected chi connectivity index (χ3v) is 3.50. The fourth-order valence-electron chi connectivity index (χ4n) is 2.44. The van der Waals surface area contributed by atoms with Crippen molar-refractivity contribution in [2.75, 3.05) is 6.79 Å². The molecule has 0 radical (unpaired) electrons. The molecule has 0 fully saturated rings. The molecule has 1 atom stereocenters. The normalized spacial score (nSPS) is 16.2. The van der Waals surface area contributed by atoms with Gasteiger partial charge in [-0.25, -0.2) is 9.63 Å². The van der Waals surface area contributed by atoms with Crippen LogP contribution in [0.5, 0.6) is 11.5 Å². The van der Waals surface area contributed by atoms with Gasteiger partial charge >= 0.3 is 18.5 Å². The number of halogens is 6. The lowest BCUT2D eigenvalue weighted by atomic mass is 9.97. The molecule has 2 rings (SSSR count). The number of alkyl halides is 6. The molecule has 0 saturated carbocycles. The Bertz CT molecular complexity index is 808. The van der Waals surface area contributed by atoms with E-state index < -0.39 is 42.7 Å². The predicted octanol–water partition coefficient (Wildman–Crippen LogP) is 3.56. The molecule has 1 heterocycles. The van der Waals surface area contributed by atoms with Gasteiger partial charge in [-0.15, -0.1) is 23.7 Å². The quantitative estimate of drug-likeness (QED) is 0.177. The van der Waals surface area contributed by atoms with Gasteiger partial charge < -0.3 is 14.2 Å². The molecular formula is C15H12F6N2O6. The minimum absolute atomic E-state index is 0.00394. The van der Waals surface area contributed by atoms with Gasteiger partial charge in [0.05, 0.1) is 10.9 Å². The smallest absolute Gasteiger partial charge is 0.475 e. The van der Waals surface area contributed by atoms with Crippen molar-refractivity contribution >= 4 is 12.0 Å². The van der Waals surface area contributed by atoms with Gasteiger partial charge in [-0.2, -0.15) is 13.2 Å². The molecule has 14 heteroatoms. The number of nitrogens with one attached hydrogen (secondary N) is 1. The molecule has 0 bridgehead atoms. The van der Waals surface area contributed by atoms with E-state index in [9.17, 15) is 36.0 Å². The van der Waals surface area contributed by atoms with E-state index in [4.69, 9.17) is 4.74 Å². The highest BCUT2D eigenvalue weighted by Gasteiger charge is 2.49. The van der Waals surface area contributed by atoms with Gasteiger partial charge in [0.25, 0.3) is 0 Å².